The number of nitrogens with zero attached hydrogens (tertiary/aromatic N) is 1. The third-order valence-corrected chi connectivity index (χ3v) is 2.36. The molecule has 2 heterocycles. The zero-order chi connectivity index (χ0) is 11.1. The fourth-order valence-electron chi connectivity index (χ4n) is 1.63. The molecule has 0 spiro atoms. The van der Waals surface area contributed by atoms with Crippen molar-refractivity contribution in [3.05, 3.63) is 24.1 Å². The molecule has 2 aromatic rings. The van der Waals surface area contributed by atoms with Crippen LogP contribution < -0.4 is 15.2 Å². The van der Waals surface area contributed by atoms with E-state index in [-0.39, 0.29) is 18.4 Å². The van der Waals surface area contributed by atoms with Gasteiger partial charge in [-0.05, 0) is 12.1 Å². The van der Waals surface area contributed by atoms with Crippen LogP contribution in [0.1, 0.15) is 0 Å². The van der Waals surface area contributed by atoms with E-state index in [4.69, 9.17) is 19.7 Å². The van der Waals surface area contributed by atoms with Crippen molar-refractivity contribution in [2.45, 2.75) is 0 Å². The predicted octanol–water partition coefficient (Wildman–Crippen LogP) is 1.79. The van der Waals surface area contributed by atoms with Crippen LogP contribution in [-0.4, -0.2) is 11.9 Å². The zero-order valence-electron chi connectivity index (χ0n) is 8.07. The van der Waals surface area contributed by atoms with Crippen molar-refractivity contribution in [2.24, 2.45) is 0 Å². The van der Waals surface area contributed by atoms with Gasteiger partial charge in [0.15, 0.2) is 11.6 Å². The van der Waals surface area contributed by atoms with E-state index in [9.17, 15) is 4.39 Å². The number of halogens is 1. The second kappa shape index (κ2) is 3.13. The van der Waals surface area contributed by atoms with Crippen molar-refractivity contribution < 1.29 is 18.4 Å². The zero-order valence-corrected chi connectivity index (χ0v) is 8.07. The molecule has 0 saturated carbocycles. The number of anilines is 1. The van der Waals surface area contributed by atoms with Crippen molar-refractivity contribution in [1.82, 2.24) is 5.16 Å². The summed E-state index contributed by atoms with van der Waals surface area (Å²) in [7, 11) is 0. The lowest BCUT2D eigenvalue weighted by atomic mass is 10.1. The van der Waals surface area contributed by atoms with Crippen molar-refractivity contribution in [2.75, 3.05) is 12.5 Å². The van der Waals surface area contributed by atoms with Crippen molar-refractivity contribution in [1.29, 1.82) is 0 Å². The van der Waals surface area contributed by atoms with Crippen LogP contribution in [0.3, 0.4) is 0 Å². The van der Waals surface area contributed by atoms with E-state index in [1.54, 1.807) is 6.07 Å². The summed E-state index contributed by atoms with van der Waals surface area (Å²) in [5.74, 6) is 0.114. The van der Waals surface area contributed by atoms with E-state index < -0.39 is 5.82 Å². The maximum absolute atomic E-state index is 13.3. The molecule has 5 nitrogen and oxygen atoms in total. The summed E-state index contributed by atoms with van der Waals surface area (Å²) in [6, 6.07) is 2.83. The molecule has 1 aliphatic heterocycles. The van der Waals surface area contributed by atoms with Gasteiger partial charge in [0.25, 0.3) is 0 Å². The third kappa shape index (κ3) is 1.13. The smallest absolute Gasteiger partial charge is 0.231 e. The van der Waals surface area contributed by atoms with Gasteiger partial charge in [-0.25, -0.2) is 4.39 Å². The Morgan fingerprint density at radius 2 is 2.00 bits per heavy atom. The average molecular weight is 222 g/mol. The van der Waals surface area contributed by atoms with Gasteiger partial charge < -0.3 is 19.7 Å². The van der Waals surface area contributed by atoms with Crippen molar-refractivity contribution in [3.63, 3.8) is 0 Å². The Morgan fingerprint density at radius 3 is 2.75 bits per heavy atom. The molecule has 0 amide bonds. The first kappa shape index (κ1) is 9.02. The lowest BCUT2D eigenvalue weighted by molar-refractivity contribution is 0.171. The van der Waals surface area contributed by atoms with Gasteiger partial charge in [0, 0.05) is 5.56 Å². The number of nitrogens with two attached hydrogens (primary N) is 1. The lowest BCUT2D eigenvalue weighted by Crippen LogP contribution is -1.94. The number of ether oxygens (including phenoxy) is 2. The Kier molecular flexibility index (Phi) is 1.76. The summed E-state index contributed by atoms with van der Waals surface area (Å²) < 4.78 is 28.3. The summed E-state index contributed by atoms with van der Waals surface area (Å²) in [6.45, 7) is -0.00550. The van der Waals surface area contributed by atoms with E-state index in [2.05, 4.69) is 5.16 Å². The molecule has 0 aliphatic carbocycles. The quantitative estimate of drug-likeness (QED) is 0.796. The normalized spacial score (nSPS) is 13.1. The van der Waals surface area contributed by atoms with Crippen LogP contribution in [0.4, 0.5) is 10.3 Å². The Bertz CT molecular complexity index is 553. The van der Waals surface area contributed by atoms with Crippen LogP contribution in [0.15, 0.2) is 22.9 Å². The molecule has 1 aromatic carbocycles. The maximum atomic E-state index is 13.3. The molecule has 0 saturated heterocycles. The van der Waals surface area contributed by atoms with E-state index in [1.807, 2.05) is 0 Å². The number of rotatable bonds is 1. The van der Waals surface area contributed by atoms with E-state index in [0.29, 0.717) is 16.9 Å². The number of hydrogen-bond donors (Lipinski definition) is 1. The maximum Gasteiger partial charge on any atom is 0.231 e. The largest absolute Gasteiger partial charge is 0.453 e. The molecular weight excluding hydrogens is 215 g/mol. The summed E-state index contributed by atoms with van der Waals surface area (Å²) in [4.78, 5) is 0. The van der Waals surface area contributed by atoms with Crippen molar-refractivity contribution >= 4 is 5.88 Å². The lowest BCUT2D eigenvalue weighted by Gasteiger charge is -2.03. The molecule has 0 bridgehead atoms. The molecule has 1 aliphatic rings. The van der Waals surface area contributed by atoms with Gasteiger partial charge in [0.1, 0.15) is 0 Å². The van der Waals surface area contributed by atoms with Gasteiger partial charge in [-0.2, -0.15) is 0 Å². The van der Waals surface area contributed by atoms with Gasteiger partial charge >= 0.3 is 0 Å². The minimum atomic E-state index is -0.466. The van der Waals surface area contributed by atoms with Crippen LogP contribution in [0.2, 0.25) is 0 Å². The standard InChI is InChI=1S/C10H7FN2O3/c11-7-2-1-5(6-3-13-16-10(6)12)8-9(7)15-4-14-8/h1-3H,4,12H2. The summed E-state index contributed by atoms with van der Waals surface area (Å²) in [5.41, 5.74) is 6.75. The van der Waals surface area contributed by atoms with Gasteiger partial charge in [-0.15, -0.1) is 0 Å². The Morgan fingerprint density at radius 1 is 1.19 bits per heavy atom. The molecule has 0 radical (unpaired) electrons. The van der Waals surface area contributed by atoms with Gasteiger partial charge in [0.2, 0.25) is 18.4 Å². The van der Waals surface area contributed by atoms with E-state index >= 15 is 0 Å². The fraction of sp³-hybridized carbons (Fsp3) is 0.100. The highest BCUT2D eigenvalue weighted by Gasteiger charge is 2.24. The molecule has 2 N–H and O–H groups in total. The molecule has 0 fully saturated rings. The highest BCUT2D eigenvalue weighted by atomic mass is 19.1. The molecule has 1 aromatic heterocycles. The van der Waals surface area contributed by atoms with E-state index in [0.717, 1.165) is 0 Å². The van der Waals surface area contributed by atoms with Crippen molar-refractivity contribution in [3.8, 4) is 22.6 Å². The van der Waals surface area contributed by atoms with Gasteiger partial charge in [0.05, 0.1) is 11.8 Å². The predicted molar refractivity (Wildman–Crippen MR) is 52.4 cm³/mol. The molecule has 0 atom stereocenters. The van der Waals surface area contributed by atoms with E-state index in [1.165, 1.54) is 12.3 Å². The van der Waals surface area contributed by atoms with Crippen LogP contribution in [-0.2, 0) is 0 Å². The monoisotopic (exact) mass is 222 g/mol. The Labute approximate surface area is 89.5 Å². The SMILES string of the molecule is Nc1oncc1-c1ccc(F)c2c1OCO2. The highest BCUT2D eigenvalue weighted by molar-refractivity contribution is 5.79. The number of fused-ring (bicyclic) bond motifs is 1. The molecule has 3 rings (SSSR count). The first-order chi connectivity index (χ1) is 7.77. The molecular formula is C10H7FN2O3. The second-order valence-corrected chi connectivity index (χ2v) is 3.26. The van der Waals surface area contributed by atoms with Gasteiger partial charge in [-0.3, -0.25) is 0 Å². The number of nitrogen functional groups attached to an aromatic ring is 1. The van der Waals surface area contributed by atoms with Crippen LogP contribution in [0.25, 0.3) is 11.1 Å². The van der Waals surface area contributed by atoms with Gasteiger partial charge in [-0.1, -0.05) is 5.16 Å². The Balaban J connectivity index is 2.23. The minimum absolute atomic E-state index is 0.00550. The first-order valence-electron chi connectivity index (χ1n) is 4.56. The number of aromatic nitrogens is 1. The van der Waals surface area contributed by atoms with Crippen LogP contribution in [0.5, 0.6) is 11.5 Å². The van der Waals surface area contributed by atoms with Crippen LogP contribution in [0, 0.1) is 5.82 Å². The topological polar surface area (TPSA) is 70.5 Å². The van der Waals surface area contributed by atoms with Crippen LogP contribution >= 0.6 is 0 Å². The number of benzene rings is 1. The molecule has 16 heavy (non-hydrogen) atoms. The number of hydrogen-bond acceptors (Lipinski definition) is 5. The summed E-state index contributed by atoms with van der Waals surface area (Å²) >= 11 is 0. The fourth-order valence-corrected chi connectivity index (χ4v) is 1.63. The average Bonchev–Trinajstić information content (AvgIpc) is 2.88. The first-order valence-corrected chi connectivity index (χ1v) is 4.56. The Hall–Kier alpha value is -2.24. The molecule has 0 unspecified atom stereocenters. The molecule has 6 heteroatoms. The summed E-state index contributed by atoms with van der Waals surface area (Å²) in [6.07, 6.45) is 1.45. The second-order valence-electron chi connectivity index (χ2n) is 3.26. The third-order valence-electron chi connectivity index (χ3n) is 2.36. The highest BCUT2D eigenvalue weighted by Crippen LogP contribution is 2.44. The minimum Gasteiger partial charge on any atom is -0.453 e. The summed E-state index contributed by atoms with van der Waals surface area (Å²) in [5, 5.41) is 3.56. The molecule has 82 valence electrons.